The highest BCUT2D eigenvalue weighted by Crippen LogP contribution is 2.17. The molecule has 102 valence electrons. The van der Waals surface area contributed by atoms with E-state index in [1.807, 2.05) is 20.8 Å². The predicted molar refractivity (Wildman–Crippen MR) is 65.2 cm³/mol. The van der Waals surface area contributed by atoms with Gasteiger partial charge in [0.05, 0.1) is 13.2 Å². The molecule has 1 amide bonds. The zero-order valence-corrected chi connectivity index (χ0v) is 11.0. The molecule has 7 nitrogen and oxygen atoms in total. The molecule has 0 atom stereocenters. The van der Waals surface area contributed by atoms with Gasteiger partial charge in [-0.15, -0.1) is 5.10 Å². The lowest BCUT2D eigenvalue weighted by Crippen LogP contribution is -2.36. The second-order valence-corrected chi connectivity index (χ2v) is 5.00. The first-order valence-electron chi connectivity index (χ1n) is 5.84. The summed E-state index contributed by atoms with van der Waals surface area (Å²) in [5.74, 6) is 0.283. The Morgan fingerprint density at radius 3 is 2.22 bits per heavy atom. The van der Waals surface area contributed by atoms with Crippen molar-refractivity contribution in [1.29, 1.82) is 0 Å². The van der Waals surface area contributed by atoms with Gasteiger partial charge in [-0.3, -0.25) is 9.89 Å². The second kappa shape index (κ2) is 5.92. The van der Waals surface area contributed by atoms with Gasteiger partial charge in [-0.05, 0) is 0 Å². The number of aliphatic hydroxyl groups excluding tert-OH is 2. The Morgan fingerprint density at radius 1 is 1.28 bits per heavy atom. The zero-order chi connectivity index (χ0) is 13.8. The first-order chi connectivity index (χ1) is 8.40. The number of amides is 1. The van der Waals surface area contributed by atoms with Crippen LogP contribution in [0.25, 0.3) is 0 Å². The summed E-state index contributed by atoms with van der Waals surface area (Å²) in [6, 6.07) is 0. The van der Waals surface area contributed by atoms with E-state index in [0.29, 0.717) is 5.82 Å². The molecule has 0 fully saturated rings. The number of hydrogen-bond acceptors (Lipinski definition) is 5. The first-order valence-corrected chi connectivity index (χ1v) is 5.84. The molecular formula is C11H20N4O3. The van der Waals surface area contributed by atoms with Crippen molar-refractivity contribution in [3.05, 3.63) is 11.6 Å². The van der Waals surface area contributed by atoms with Gasteiger partial charge in [0.2, 0.25) is 5.82 Å². The molecule has 0 aliphatic heterocycles. The van der Waals surface area contributed by atoms with E-state index in [1.165, 1.54) is 4.90 Å². The zero-order valence-electron chi connectivity index (χ0n) is 11.0. The fourth-order valence-electron chi connectivity index (χ4n) is 1.39. The van der Waals surface area contributed by atoms with Gasteiger partial charge in [-0.2, -0.15) is 0 Å². The molecule has 1 rings (SSSR count). The van der Waals surface area contributed by atoms with Crippen molar-refractivity contribution >= 4 is 5.91 Å². The lowest BCUT2D eigenvalue weighted by atomic mass is 9.96. The highest BCUT2D eigenvalue weighted by atomic mass is 16.3. The fourth-order valence-corrected chi connectivity index (χ4v) is 1.39. The SMILES string of the molecule is CC(C)(C)c1nc(C(=O)N(CCO)CCO)n[nH]1. The monoisotopic (exact) mass is 256 g/mol. The third kappa shape index (κ3) is 3.51. The van der Waals surface area contributed by atoms with Crippen molar-refractivity contribution < 1.29 is 15.0 Å². The normalized spacial score (nSPS) is 11.6. The van der Waals surface area contributed by atoms with Gasteiger partial charge >= 0.3 is 0 Å². The molecule has 0 spiro atoms. The standard InChI is InChI=1S/C11H20N4O3/c1-11(2,3)10-12-8(13-14-10)9(18)15(4-6-16)5-7-17/h16-17H,4-7H2,1-3H3,(H,12,13,14). The number of aromatic amines is 1. The Labute approximate surface area is 106 Å². The van der Waals surface area contributed by atoms with Crippen molar-refractivity contribution in [2.24, 2.45) is 0 Å². The molecule has 0 saturated carbocycles. The molecule has 0 aromatic carbocycles. The number of aromatic nitrogens is 3. The van der Waals surface area contributed by atoms with Crippen LogP contribution >= 0.6 is 0 Å². The van der Waals surface area contributed by atoms with E-state index < -0.39 is 5.91 Å². The quantitative estimate of drug-likeness (QED) is 0.661. The molecule has 0 bridgehead atoms. The minimum Gasteiger partial charge on any atom is -0.395 e. The lowest BCUT2D eigenvalue weighted by Gasteiger charge is -2.18. The molecule has 1 heterocycles. The molecule has 0 saturated heterocycles. The molecule has 0 radical (unpaired) electrons. The van der Waals surface area contributed by atoms with E-state index in [0.717, 1.165) is 0 Å². The van der Waals surface area contributed by atoms with Gasteiger partial charge in [0.25, 0.3) is 5.91 Å². The highest BCUT2D eigenvalue weighted by molar-refractivity contribution is 5.90. The fraction of sp³-hybridized carbons (Fsp3) is 0.727. The Hall–Kier alpha value is -1.47. The summed E-state index contributed by atoms with van der Waals surface area (Å²) in [6.07, 6.45) is 0. The number of nitrogens with one attached hydrogen (secondary N) is 1. The summed E-state index contributed by atoms with van der Waals surface area (Å²) >= 11 is 0. The summed E-state index contributed by atoms with van der Waals surface area (Å²) in [4.78, 5) is 17.5. The number of rotatable bonds is 5. The third-order valence-electron chi connectivity index (χ3n) is 2.41. The Bertz CT molecular complexity index is 391. The van der Waals surface area contributed by atoms with Gasteiger partial charge in [-0.1, -0.05) is 20.8 Å². The summed E-state index contributed by atoms with van der Waals surface area (Å²) in [7, 11) is 0. The average molecular weight is 256 g/mol. The Balaban J connectivity index is 2.85. The number of aliphatic hydroxyl groups is 2. The highest BCUT2D eigenvalue weighted by Gasteiger charge is 2.24. The van der Waals surface area contributed by atoms with E-state index in [-0.39, 0.29) is 37.5 Å². The van der Waals surface area contributed by atoms with Gasteiger partial charge in [0, 0.05) is 18.5 Å². The minimum atomic E-state index is -0.398. The van der Waals surface area contributed by atoms with E-state index in [9.17, 15) is 4.79 Å². The van der Waals surface area contributed by atoms with Crippen LogP contribution in [0.1, 0.15) is 37.2 Å². The van der Waals surface area contributed by atoms with Crippen molar-refractivity contribution in [3.63, 3.8) is 0 Å². The van der Waals surface area contributed by atoms with Crippen LogP contribution in [0, 0.1) is 0 Å². The number of hydrogen-bond donors (Lipinski definition) is 3. The number of carbonyl (C=O) groups is 1. The average Bonchev–Trinajstić information content (AvgIpc) is 2.76. The molecule has 0 aliphatic rings. The molecule has 0 unspecified atom stereocenters. The van der Waals surface area contributed by atoms with Crippen molar-refractivity contribution in [3.8, 4) is 0 Å². The van der Waals surface area contributed by atoms with Crippen LogP contribution in [0.3, 0.4) is 0 Å². The molecule has 1 aromatic rings. The van der Waals surface area contributed by atoms with Crippen LogP contribution in [-0.4, -0.2) is 62.5 Å². The van der Waals surface area contributed by atoms with Crippen LogP contribution in [0.5, 0.6) is 0 Å². The van der Waals surface area contributed by atoms with Crippen LogP contribution in [-0.2, 0) is 5.41 Å². The summed E-state index contributed by atoms with van der Waals surface area (Å²) < 4.78 is 0. The number of nitrogens with zero attached hydrogens (tertiary/aromatic N) is 3. The van der Waals surface area contributed by atoms with Crippen LogP contribution in [0.15, 0.2) is 0 Å². The second-order valence-electron chi connectivity index (χ2n) is 5.00. The summed E-state index contributed by atoms with van der Waals surface area (Å²) in [5, 5.41) is 24.3. The Morgan fingerprint density at radius 2 is 1.83 bits per heavy atom. The molecule has 7 heteroatoms. The minimum absolute atomic E-state index is 0.0572. The molecule has 0 aliphatic carbocycles. The van der Waals surface area contributed by atoms with Crippen LogP contribution in [0.4, 0.5) is 0 Å². The number of carbonyl (C=O) groups excluding carboxylic acids is 1. The van der Waals surface area contributed by atoms with E-state index >= 15 is 0 Å². The maximum Gasteiger partial charge on any atom is 0.293 e. The van der Waals surface area contributed by atoms with Gasteiger partial charge in [0.1, 0.15) is 5.82 Å². The molecule has 3 N–H and O–H groups in total. The van der Waals surface area contributed by atoms with E-state index in [2.05, 4.69) is 15.2 Å². The van der Waals surface area contributed by atoms with E-state index in [1.54, 1.807) is 0 Å². The molecule has 1 aromatic heterocycles. The molecular weight excluding hydrogens is 236 g/mol. The Kier molecular flexibility index (Phi) is 4.80. The maximum atomic E-state index is 12.0. The van der Waals surface area contributed by atoms with Crippen molar-refractivity contribution in [2.45, 2.75) is 26.2 Å². The molecule has 18 heavy (non-hydrogen) atoms. The largest absolute Gasteiger partial charge is 0.395 e. The van der Waals surface area contributed by atoms with Crippen molar-refractivity contribution in [2.75, 3.05) is 26.3 Å². The smallest absolute Gasteiger partial charge is 0.293 e. The first kappa shape index (κ1) is 14.6. The van der Waals surface area contributed by atoms with Crippen molar-refractivity contribution in [1.82, 2.24) is 20.1 Å². The number of H-pyrrole nitrogens is 1. The summed E-state index contributed by atoms with van der Waals surface area (Å²) in [5.41, 5.74) is -0.218. The van der Waals surface area contributed by atoms with Crippen LogP contribution < -0.4 is 0 Å². The summed E-state index contributed by atoms with van der Waals surface area (Å²) in [6.45, 7) is 5.85. The van der Waals surface area contributed by atoms with Gasteiger partial charge in [0.15, 0.2) is 0 Å². The topological polar surface area (TPSA) is 102 Å². The van der Waals surface area contributed by atoms with Crippen LogP contribution in [0.2, 0.25) is 0 Å². The maximum absolute atomic E-state index is 12.0. The van der Waals surface area contributed by atoms with Gasteiger partial charge in [-0.25, -0.2) is 4.98 Å². The lowest BCUT2D eigenvalue weighted by molar-refractivity contribution is 0.0673. The predicted octanol–water partition coefficient (Wildman–Crippen LogP) is -0.471. The van der Waals surface area contributed by atoms with Gasteiger partial charge < -0.3 is 15.1 Å². The van der Waals surface area contributed by atoms with E-state index in [4.69, 9.17) is 10.2 Å². The third-order valence-corrected chi connectivity index (χ3v) is 2.41.